The van der Waals surface area contributed by atoms with Crippen molar-refractivity contribution < 1.29 is 8.42 Å². The summed E-state index contributed by atoms with van der Waals surface area (Å²) in [5.74, 6) is 1.33. The first-order valence-corrected chi connectivity index (χ1v) is 9.83. The summed E-state index contributed by atoms with van der Waals surface area (Å²) in [6.45, 7) is 2.70. The lowest BCUT2D eigenvalue weighted by molar-refractivity contribution is 0.603. The number of sulfone groups is 1. The van der Waals surface area contributed by atoms with Crippen LogP contribution in [0.3, 0.4) is 0 Å². The molecule has 1 heterocycles. The first-order valence-electron chi connectivity index (χ1n) is 6.40. The van der Waals surface area contributed by atoms with Crippen molar-refractivity contribution in [2.45, 2.75) is 18.6 Å². The maximum Gasteiger partial charge on any atom is 0.191 e. The number of thioether (sulfide) groups is 1. The molecule has 0 atom stereocenters. The van der Waals surface area contributed by atoms with E-state index in [1.807, 2.05) is 29.7 Å². The Morgan fingerprint density at radius 2 is 2.10 bits per heavy atom. The average molecular weight is 346 g/mol. The average Bonchev–Trinajstić information content (AvgIpc) is 2.80. The zero-order valence-electron chi connectivity index (χ0n) is 11.8. The fourth-order valence-electron chi connectivity index (χ4n) is 1.81. The monoisotopic (exact) mass is 345 g/mol. The van der Waals surface area contributed by atoms with Crippen molar-refractivity contribution in [2.75, 3.05) is 17.8 Å². The van der Waals surface area contributed by atoms with Crippen molar-refractivity contribution in [1.29, 1.82) is 0 Å². The first-order chi connectivity index (χ1) is 9.90. The molecule has 1 aromatic carbocycles. The van der Waals surface area contributed by atoms with Gasteiger partial charge in [0, 0.05) is 29.1 Å². The molecule has 0 aliphatic carbocycles. The van der Waals surface area contributed by atoms with E-state index in [4.69, 9.17) is 11.6 Å². The highest BCUT2D eigenvalue weighted by Gasteiger charge is 2.14. The van der Waals surface area contributed by atoms with Gasteiger partial charge in [-0.05, 0) is 19.1 Å². The summed E-state index contributed by atoms with van der Waals surface area (Å²) >= 11 is 7.40. The molecular formula is C13H16ClN3O2S2. The Balaban J connectivity index is 2.22. The summed E-state index contributed by atoms with van der Waals surface area (Å²) in [7, 11) is -2.96. The Kier molecular flexibility index (Phi) is 5.29. The molecule has 1 aromatic heterocycles. The van der Waals surface area contributed by atoms with Gasteiger partial charge in [0.25, 0.3) is 0 Å². The van der Waals surface area contributed by atoms with Gasteiger partial charge in [-0.1, -0.05) is 35.5 Å². The third kappa shape index (κ3) is 4.46. The van der Waals surface area contributed by atoms with E-state index < -0.39 is 9.84 Å². The van der Waals surface area contributed by atoms with E-state index in [-0.39, 0.29) is 5.75 Å². The summed E-state index contributed by atoms with van der Waals surface area (Å²) < 4.78 is 24.3. The molecule has 0 aliphatic heterocycles. The Labute approximate surface area is 133 Å². The predicted octanol–water partition coefficient (Wildman–Crippen LogP) is 2.76. The predicted molar refractivity (Wildman–Crippen MR) is 86.6 cm³/mol. The van der Waals surface area contributed by atoms with Gasteiger partial charge in [0.2, 0.25) is 0 Å². The Hall–Kier alpha value is -1.05. The zero-order valence-corrected chi connectivity index (χ0v) is 14.2. The maximum absolute atomic E-state index is 11.2. The van der Waals surface area contributed by atoms with Gasteiger partial charge in [-0.3, -0.25) is 0 Å². The van der Waals surface area contributed by atoms with Gasteiger partial charge in [0.15, 0.2) is 11.0 Å². The quantitative estimate of drug-likeness (QED) is 0.753. The Morgan fingerprint density at radius 1 is 1.33 bits per heavy atom. The van der Waals surface area contributed by atoms with Gasteiger partial charge in [-0.2, -0.15) is 0 Å². The highest BCUT2D eigenvalue weighted by atomic mass is 35.5. The number of hydrogen-bond acceptors (Lipinski definition) is 5. The van der Waals surface area contributed by atoms with Crippen LogP contribution in [0, 0.1) is 0 Å². The highest BCUT2D eigenvalue weighted by molar-refractivity contribution is 8.00. The second-order valence-corrected chi connectivity index (χ2v) is 8.30. The Bertz CT molecular complexity index is 729. The van der Waals surface area contributed by atoms with Crippen molar-refractivity contribution in [2.24, 2.45) is 0 Å². The summed E-state index contributed by atoms with van der Waals surface area (Å²) in [5.41, 5.74) is 0.895. The molecule has 0 fully saturated rings. The van der Waals surface area contributed by atoms with E-state index in [1.54, 1.807) is 6.07 Å². The molecule has 0 radical (unpaired) electrons. The van der Waals surface area contributed by atoms with Crippen LogP contribution in [0.1, 0.15) is 6.92 Å². The van der Waals surface area contributed by atoms with Crippen LogP contribution in [-0.2, 0) is 16.4 Å². The van der Waals surface area contributed by atoms with E-state index in [2.05, 4.69) is 10.2 Å². The SMILES string of the molecule is CCn1c(SCCS(C)(=O)=O)nnc1-c1cccc(Cl)c1. The topological polar surface area (TPSA) is 64.8 Å². The number of rotatable bonds is 6. The second kappa shape index (κ2) is 6.81. The third-order valence-electron chi connectivity index (χ3n) is 2.80. The van der Waals surface area contributed by atoms with Gasteiger partial charge >= 0.3 is 0 Å². The third-order valence-corrected chi connectivity index (χ3v) is 5.21. The number of benzene rings is 1. The number of nitrogens with zero attached hydrogens (tertiary/aromatic N) is 3. The summed E-state index contributed by atoms with van der Waals surface area (Å²) in [5, 5.41) is 9.71. The van der Waals surface area contributed by atoms with E-state index >= 15 is 0 Å². The minimum atomic E-state index is -2.96. The van der Waals surface area contributed by atoms with E-state index in [0.717, 1.165) is 16.5 Å². The normalized spacial score (nSPS) is 11.8. The molecule has 0 spiro atoms. The van der Waals surface area contributed by atoms with Crippen LogP contribution in [0.5, 0.6) is 0 Å². The maximum atomic E-state index is 11.2. The molecule has 8 heteroatoms. The van der Waals surface area contributed by atoms with Gasteiger partial charge in [0.1, 0.15) is 9.84 Å². The Morgan fingerprint density at radius 3 is 2.71 bits per heavy atom. The molecule has 0 bridgehead atoms. The summed E-state index contributed by atoms with van der Waals surface area (Å²) in [6.07, 6.45) is 1.23. The highest BCUT2D eigenvalue weighted by Crippen LogP contribution is 2.25. The van der Waals surface area contributed by atoms with Crippen LogP contribution in [0.15, 0.2) is 29.4 Å². The van der Waals surface area contributed by atoms with Crippen LogP contribution in [0.25, 0.3) is 11.4 Å². The van der Waals surface area contributed by atoms with Crippen molar-refractivity contribution in [3.63, 3.8) is 0 Å². The zero-order chi connectivity index (χ0) is 15.5. The fraction of sp³-hybridized carbons (Fsp3) is 0.385. The van der Waals surface area contributed by atoms with Crippen LogP contribution >= 0.6 is 23.4 Å². The van der Waals surface area contributed by atoms with Crippen LogP contribution in [-0.4, -0.2) is 40.9 Å². The van der Waals surface area contributed by atoms with Crippen molar-refractivity contribution in [1.82, 2.24) is 14.8 Å². The molecule has 2 aromatic rings. The molecule has 0 unspecified atom stereocenters. The van der Waals surface area contributed by atoms with Gasteiger partial charge in [-0.15, -0.1) is 10.2 Å². The first kappa shape index (κ1) is 16.3. The molecule has 2 rings (SSSR count). The number of aromatic nitrogens is 3. The molecule has 0 saturated carbocycles. The van der Waals surface area contributed by atoms with Crippen molar-refractivity contribution >= 4 is 33.2 Å². The summed E-state index contributed by atoms with van der Waals surface area (Å²) in [6, 6.07) is 7.43. The lowest BCUT2D eigenvalue weighted by Gasteiger charge is -2.07. The number of hydrogen-bond donors (Lipinski definition) is 0. The van der Waals surface area contributed by atoms with Gasteiger partial charge < -0.3 is 4.57 Å². The van der Waals surface area contributed by atoms with Gasteiger partial charge in [0.05, 0.1) is 5.75 Å². The lowest BCUT2D eigenvalue weighted by Crippen LogP contribution is -2.06. The molecule has 0 aliphatic rings. The van der Waals surface area contributed by atoms with Crippen molar-refractivity contribution in [3.05, 3.63) is 29.3 Å². The summed E-state index contributed by atoms with van der Waals surface area (Å²) in [4.78, 5) is 0. The standard InChI is InChI=1S/C13H16ClN3O2S2/c1-3-17-12(10-5-4-6-11(14)9-10)15-16-13(17)20-7-8-21(2,18)19/h4-6,9H,3,7-8H2,1-2H3. The smallest absolute Gasteiger partial charge is 0.191 e. The molecular weight excluding hydrogens is 330 g/mol. The molecule has 0 amide bonds. The van der Waals surface area contributed by atoms with Crippen LogP contribution < -0.4 is 0 Å². The second-order valence-electron chi connectivity index (χ2n) is 4.54. The fourth-order valence-corrected chi connectivity index (χ4v) is 4.19. The molecule has 0 N–H and O–H groups in total. The van der Waals surface area contributed by atoms with Crippen molar-refractivity contribution in [3.8, 4) is 11.4 Å². The minimum Gasteiger partial charge on any atom is -0.302 e. The molecule has 21 heavy (non-hydrogen) atoms. The van der Waals surface area contributed by atoms with Crippen LogP contribution in [0.2, 0.25) is 5.02 Å². The largest absolute Gasteiger partial charge is 0.302 e. The lowest BCUT2D eigenvalue weighted by atomic mass is 10.2. The molecule has 114 valence electrons. The number of halogens is 1. The molecule has 5 nitrogen and oxygen atoms in total. The van der Waals surface area contributed by atoms with E-state index in [0.29, 0.717) is 17.3 Å². The van der Waals surface area contributed by atoms with Gasteiger partial charge in [-0.25, -0.2) is 8.42 Å². The van der Waals surface area contributed by atoms with E-state index in [1.165, 1.54) is 18.0 Å². The minimum absolute atomic E-state index is 0.126. The van der Waals surface area contributed by atoms with Crippen LogP contribution in [0.4, 0.5) is 0 Å². The van der Waals surface area contributed by atoms with E-state index in [9.17, 15) is 8.42 Å². The molecule has 0 saturated heterocycles.